The van der Waals surface area contributed by atoms with Crippen molar-refractivity contribution in [3.05, 3.63) is 65.1 Å². The van der Waals surface area contributed by atoms with Crippen LogP contribution >= 0.6 is 11.6 Å². The molecule has 176 valence electrons. The molecule has 3 aromatic rings. The molecule has 1 saturated heterocycles. The molecule has 5 nitrogen and oxygen atoms in total. The lowest BCUT2D eigenvalue weighted by molar-refractivity contribution is 0.0353. The molecule has 3 heterocycles. The minimum absolute atomic E-state index is 0.0183. The van der Waals surface area contributed by atoms with E-state index >= 15 is 0 Å². The molecule has 1 aliphatic heterocycles. The molecule has 1 aromatic carbocycles. The number of aliphatic hydroxyl groups is 1. The van der Waals surface area contributed by atoms with Gasteiger partial charge in [-0.1, -0.05) is 17.7 Å². The van der Waals surface area contributed by atoms with Gasteiger partial charge in [0.05, 0.1) is 17.6 Å². The topological polar surface area (TPSA) is 58.5 Å². The van der Waals surface area contributed by atoms with Crippen molar-refractivity contribution in [2.45, 2.75) is 44.9 Å². The molecule has 2 aromatic heterocycles. The number of halogens is 1. The van der Waals surface area contributed by atoms with Gasteiger partial charge in [-0.15, -0.1) is 0 Å². The number of benzene rings is 1. The summed E-state index contributed by atoms with van der Waals surface area (Å²) in [5.74, 6) is 0.815. The lowest BCUT2D eigenvalue weighted by Gasteiger charge is -2.41. The summed E-state index contributed by atoms with van der Waals surface area (Å²) in [5.41, 5.74) is 3.25. The molecule has 0 unspecified atom stereocenters. The molecule has 1 fully saturated rings. The highest BCUT2D eigenvalue weighted by molar-refractivity contribution is 6.32. The zero-order chi connectivity index (χ0) is 23.1. The van der Waals surface area contributed by atoms with Gasteiger partial charge < -0.3 is 14.7 Å². The molecule has 6 heteroatoms. The lowest BCUT2D eigenvalue weighted by atomic mass is 9.75. The number of piperidine rings is 1. The highest BCUT2D eigenvalue weighted by Crippen LogP contribution is 2.37. The predicted molar refractivity (Wildman–Crippen MR) is 134 cm³/mol. The summed E-state index contributed by atoms with van der Waals surface area (Å²) in [6, 6.07) is 12.0. The summed E-state index contributed by atoms with van der Waals surface area (Å²) in [5, 5.41) is 12.0. The van der Waals surface area contributed by atoms with Crippen LogP contribution in [0, 0.1) is 5.41 Å². The predicted octanol–water partition coefficient (Wildman–Crippen LogP) is 5.32. The zero-order valence-corrected chi connectivity index (χ0v) is 20.2. The van der Waals surface area contributed by atoms with Gasteiger partial charge in [-0.2, -0.15) is 0 Å². The van der Waals surface area contributed by atoms with Gasteiger partial charge in [-0.25, -0.2) is 0 Å². The van der Waals surface area contributed by atoms with E-state index in [2.05, 4.69) is 27.0 Å². The first kappa shape index (κ1) is 23.9. The van der Waals surface area contributed by atoms with E-state index in [1.165, 1.54) is 5.69 Å². The monoisotopic (exact) mass is 467 g/mol. The molecule has 0 spiro atoms. The van der Waals surface area contributed by atoms with Crippen LogP contribution in [0.15, 0.2) is 48.8 Å². The van der Waals surface area contributed by atoms with Crippen molar-refractivity contribution >= 4 is 22.5 Å². The maximum atomic E-state index is 10.3. The Morgan fingerprint density at radius 3 is 2.67 bits per heavy atom. The summed E-state index contributed by atoms with van der Waals surface area (Å²) in [4.78, 5) is 11.4. The number of aromatic nitrogens is 2. The molecule has 0 amide bonds. The number of ether oxygens (including phenoxy) is 1. The van der Waals surface area contributed by atoms with Gasteiger partial charge in [-0.3, -0.25) is 9.97 Å². The number of nitrogens with zero attached hydrogens (tertiary/aromatic N) is 3. The SMILES string of the molecule is COc1ccc2ncc(Cl)c(CCCC3(CO)CCN(CCCc4ccccn4)CC3)c2c1. The highest BCUT2D eigenvalue weighted by Gasteiger charge is 2.33. The Kier molecular flexibility index (Phi) is 8.18. The fraction of sp³-hybridized carbons (Fsp3) is 0.481. The van der Waals surface area contributed by atoms with Gasteiger partial charge in [0.25, 0.3) is 0 Å². The van der Waals surface area contributed by atoms with Gasteiger partial charge in [-0.05, 0) is 106 Å². The van der Waals surface area contributed by atoms with E-state index in [9.17, 15) is 5.11 Å². The van der Waals surface area contributed by atoms with Crippen molar-refractivity contribution in [2.75, 3.05) is 33.4 Å². The molecule has 0 bridgehead atoms. The standard InChI is InChI=1S/C27H34ClN3O2/c1-33-22-9-10-26-24(18-22)23(25(28)19-30-26)8-4-11-27(20-32)12-16-31(17-13-27)15-5-7-21-6-2-3-14-29-21/h2-3,6,9-10,14,18-19,32H,4-5,7-8,11-13,15-17,20H2,1H3. The molecule has 33 heavy (non-hydrogen) atoms. The quantitative estimate of drug-likeness (QED) is 0.437. The van der Waals surface area contributed by atoms with E-state index in [1.54, 1.807) is 13.3 Å². The molecule has 1 N–H and O–H groups in total. The molecule has 0 aliphatic carbocycles. The van der Waals surface area contributed by atoms with Crippen molar-refractivity contribution < 1.29 is 9.84 Å². The number of fused-ring (bicyclic) bond motifs is 1. The van der Waals surface area contributed by atoms with Gasteiger partial charge in [0, 0.05) is 30.1 Å². The number of pyridine rings is 2. The second kappa shape index (κ2) is 11.3. The van der Waals surface area contributed by atoms with E-state index in [-0.39, 0.29) is 12.0 Å². The van der Waals surface area contributed by atoms with Crippen molar-refractivity contribution in [1.82, 2.24) is 14.9 Å². The van der Waals surface area contributed by atoms with Crippen LogP contribution in [-0.2, 0) is 12.8 Å². The Hall–Kier alpha value is -2.21. The normalized spacial score (nSPS) is 16.2. The molecule has 0 radical (unpaired) electrons. The Morgan fingerprint density at radius 1 is 1.09 bits per heavy atom. The molecule has 4 rings (SSSR count). The first-order valence-electron chi connectivity index (χ1n) is 12.0. The first-order valence-corrected chi connectivity index (χ1v) is 12.3. The molecular formula is C27H34ClN3O2. The van der Waals surface area contributed by atoms with Crippen LogP contribution in [-0.4, -0.2) is 53.3 Å². The number of methoxy groups -OCH3 is 1. The van der Waals surface area contributed by atoms with Crippen molar-refractivity contribution in [2.24, 2.45) is 5.41 Å². The van der Waals surface area contributed by atoms with Crippen molar-refractivity contribution in [3.8, 4) is 5.75 Å². The number of hydrogen-bond donors (Lipinski definition) is 1. The summed E-state index contributed by atoms with van der Waals surface area (Å²) in [6.45, 7) is 3.46. The molecule has 0 atom stereocenters. The van der Waals surface area contributed by atoms with Crippen LogP contribution in [0.3, 0.4) is 0 Å². The Labute approximate surface area is 201 Å². The van der Waals surface area contributed by atoms with Crippen LogP contribution in [0.4, 0.5) is 0 Å². The molecular weight excluding hydrogens is 434 g/mol. The lowest BCUT2D eigenvalue weighted by Crippen LogP contribution is -2.42. The fourth-order valence-electron chi connectivity index (χ4n) is 4.99. The van der Waals surface area contributed by atoms with E-state index in [0.717, 1.165) is 86.8 Å². The number of aryl methyl sites for hydroxylation is 2. The summed E-state index contributed by atoms with van der Waals surface area (Å²) in [6.07, 6.45) is 10.7. The van der Waals surface area contributed by atoms with Crippen LogP contribution in [0.5, 0.6) is 5.75 Å². The number of rotatable bonds is 10. The Bertz CT molecular complexity index is 1040. The van der Waals surface area contributed by atoms with Crippen LogP contribution in [0.2, 0.25) is 5.02 Å². The van der Waals surface area contributed by atoms with Crippen LogP contribution in [0.1, 0.15) is 43.4 Å². The minimum atomic E-state index is 0.0183. The second-order valence-electron chi connectivity index (χ2n) is 9.25. The maximum Gasteiger partial charge on any atom is 0.119 e. The smallest absolute Gasteiger partial charge is 0.119 e. The molecule has 1 aliphatic rings. The van der Waals surface area contributed by atoms with Gasteiger partial charge in [0.15, 0.2) is 0 Å². The fourth-order valence-corrected chi connectivity index (χ4v) is 5.24. The maximum absolute atomic E-state index is 10.3. The third-order valence-corrected chi connectivity index (χ3v) is 7.48. The second-order valence-corrected chi connectivity index (χ2v) is 9.65. The number of aliphatic hydroxyl groups excluding tert-OH is 1. The molecule has 0 saturated carbocycles. The average Bonchev–Trinajstić information content (AvgIpc) is 2.86. The van der Waals surface area contributed by atoms with E-state index in [1.807, 2.05) is 30.5 Å². The van der Waals surface area contributed by atoms with Crippen molar-refractivity contribution in [3.63, 3.8) is 0 Å². The summed E-state index contributed by atoms with van der Waals surface area (Å²) in [7, 11) is 1.68. The Balaban J connectivity index is 1.30. The first-order chi connectivity index (χ1) is 16.1. The van der Waals surface area contributed by atoms with Crippen LogP contribution < -0.4 is 4.74 Å². The summed E-state index contributed by atoms with van der Waals surface area (Å²) >= 11 is 6.54. The average molecular weight is 468 g/mol. The summed E-state index contributed by atoms with van der Waals surface area (Å²) < 4.78 is 5.40. The van der Waals surface area contributed by atoms with E-state index in [4.69, 9.17) is 16.3 Å². The third-order valence-electron chi connectivity index (χ3n) is 7.15. The van der Waals surface area contributed by atoms with Crippen molar-refractivity contribution in [1.29, 1.82) is 0 Å². The minimum Gasteiger partial charge on any atom is -0.497 e. The van der Waals surface area contributed by atoms with Gasteiger partial charge >= 0.3 is 0 Å². The largest absolute Gasteiger partial charge is 0.497 e. The number of likely N-dealkylation sites (tertiary alicyclic amines) is 1. The van der Waals surface area contributed by atoms with Crippen LogP contribution in [0.25, 0.3) is 10.9 Å². The third kappa shape index (κ3) is 6.03. The van der Waals surface area contributed by atoms with E-state index < -0.39 is 0 Å². The number of hydrogen-bond acceptors (Lipinski definition) is 5. The zero-order valence-electron chi connectivity index (χ0n) is 19.5. The highest BCUT2D eigenvalue weighted by atomic mass is 35.5. The van der Waals surface area contributed by atoms with E-state index in [0.29, 0.717) is 5.02 Å². The Morgan fingerprint density at radius 2 is 1.94 bits per heavy atom. The van der Waals surface area contributed by atoms with Gasteiger partial charge in [0.1, 0.15) is 5.75 Å². The van der Waals surface area contributed by atoms with Gasteiger partial charge in [0.2, 0.25) is 0 Å².